The summed E-state index contributed by atoms with van der Waals surface area (Å²) in [5, 5.41) is 6.65. The van der Waals surface area contributed by atoms with Gasteiger partial charge in [-0.25, -0.2) is 13.1 Å². The second-order valence-corrected chi connectivity index (χ2v) is 9.99. The molecule has 3 heterocycles. The number of nitrogens with zero attached hydrogens (tertiary/aromatic N) is 1. The molecule has 3 rings (SSSR count). The number of fused-ring (bicyclic) bond motifs is 2. The summed E-state index contributed by atoms with van der Waals surface area (Å²) >= 11 is 1.49. The number of guanidine groups is 1. The molecule has 3 N–H and O–H groups in total. The highest BCUT2D eigenvalue weighted by Gasteiger charge is 2.41. The molecule has 0 saturated carbocycles. The van der Waals surface area contributed by atoms with Crippen molar-refractivity contribution < 1.29 is 13.2 Å². The second kappa shape index (κ2) is 8.24. The average molecular weight is 401 g/mol. The van der Waals surface area contributed by atoms with Crippen molar-refractivity contribution in [2.45, 2.75) is 63.2 Å². The van der Waals surface area contributed by atoms with Crippen LogP contribution in [0.1, 0.15) is 35.9 Å². The number of rotatable bonds is 7. The summed E-state index contributed by atoms with van der Waals surface area (Å²) in [5.41, 5.74) is 0. The van der Waals surface area contributed by atoms with Crippen LogP contribution in [0, 0.1) is 13.8 Å². The molecular weight excluding hydrogens is 372 g/mol. The van der Waals surface area contributed by atoms with E-state index in [1.165, 1.54) is 11.3 Å². The molecule has 3 atom stereocenters. The predicted octanol–water partition coefficient (Wildman–Crippen LogP) is 1.52. The van der Waals surface area contributed by atoms with Gasteiger partial charge in [-0.3, -0.25) is 4.99 Å². The van der Waals surface area contributed by atoms with E-state index in [0.717, 1.165) is 41.5 Å². The molecule has 2 bridgehead atoms. The van der Waals surface area contributed by atoms with E-state index in [1.54, 1.807) is 6.07 Å². The summed E-state index contributed by atoms with van der Waals surface area (Å²) in [6, 6.07) is 2.01. The lowest BCUT2D eigenvalue weighted by Gasteiger charge is -2.22. The monoisotopic (exact) mass is 400 g/mol. The molecule has 3 unspecified atom stereocenters. The zero-order valence-corrected chi connectivity index (χ0v) is 17.2. The number of aliphatic imine (C=N–C) groups is 1. The Morgan fingerprint density at radius 3 is 2.77 bits per heavy atom. The molecule has 146 valence electrons. The zero-order chi connectivity index (χ0) is 18.7. The van der Waals surface area contributed by atoms with E-state index < -0.39 is 10.0 Å². The van der Waals surface area contributed by atoms with Crippen LogP contribution in [0.5, 0.6) is 0 Å². The molecule has 1 aromatic rings. The Morgan fingerprint density at radius 1 is 1.38 bits per heavy atom. The van der Waals surface area contributed by atoms with Crippen LogP contribution in [0.4, 0.5) is 0 Å². The van der Waals surface area contributed by atoms with E-state index in [1.807, 2.05) is 20.8 Å². The van der Waals surface area contributed by atoms with Crippen molar-refractivity contribution in [3.63, 3.8) is 0 Å². The maximum Gasteiger partial charge on any atom is 0.241 e. The molecule has 1 aromatic heterocycles. The topological polar surface area (TPSA) is 91.8 Å². The normalized spacial score (nSPS) is 25.7. The number of nitrogens with one attached hydrogen (secondary N) is 3. The molecule has 0 aliphatic carbocycles. The smallest absolute Gasteiger partial charge is 0.241 e. The number of thiophene rings is 1. The van der Waals surface area contributed by atoms with Gasteiger partial charge in [0.05, 0.1) is 29.7 Å². The average Bonchev–Trinajstić information content (AvgIpc) is 3.27. The minimum absolute atomic E-state index is 0.264. The van der Waals surface area contributed by atoms with E-state index in [9.17, 15) is 8.42 Å². The Kier molecular flexibility index (Phi) is 6.21. The molecule has 0 spiro atoms. The van der Waals surface area contributed by atoms with Gasteiger partial charge in [0.2, 0.25) is 10.0 Å². The predicted molar refractivity (Wildman–Crippen MR) is 104 cm³/mol. The Labute approximate surface area is 159 Å². The van der Waals surface area contributed by atoms with Crippen LogP contribution in [0.15, 0.2) is 16.0 Å². The fourth-order valence-corrected chi connectivity index (χ4v) is 6.16. The van der Waals surface area contributed by atoms with Crippen molar-refractivity contribution in [3.05, 3.63) is 15.8 Å². The molecule has 2 saturated heterocycles. The highest BCUT2D eigenvalue weighted by Crippen LogP contribution is 2.34. The van der Waals surface area contributed by atoms with Crippen LogP contribution < -0.4 is 15.4 Å². The van der Waals surface area contributed by atoms with Gasteiger partial charge in [-0.2, -0.15) is 0 Å². The number of hydrogen-bond acceptors (Lipinski definition) is 5. The Hall–Kier alpha value is -1.16. The molecule has 0 aromatic carbocycles. The minimum atomic E-state index is -3.48. The van der Waals surface area contributed by atoms with Gasteiger partial charge in [0, 0.05) is 22.8 Å². The molecular formula is C17H28N4O3S2. The van der Waals surface area contributed by atoms with Crippen LogP contribution in [-0.4, -0.2) is 52.3 Å². The van der Waals surface area contributed by atoms with Gasteiger partial charge in [0.1, 0.15) is 0 Å². The van der Waals surface area contributed by atoms with Gasteiger partial charge in [-0.1, -0.05) is 0 Å². The third-order valence-corrected chi connectivity index (χ3v) is 7.41. The van der Waals surface area contributed by atoms with Gasteiger partial charge in [-0.15, -0.1) is 11.3 Å². The molecule has 0 amide bonds. The first-order chi connectivity index (χ1) is 12.4. The van der Waals surface area contributed by atoms with Gasteiger partial charge < -0.3 is 15.4 Å². The fraction of sp³-hybridized carbons (Fsp3) is 0.706. The Balaban J connectivity index is 1.52. The molecule has 9 heteroatoms. The van der Waals surface area contributed by atoms with E-state index in [4.69, 9.17) is 4.74 Å². The fourth-order valence-electron chi connectivity index (χ4n) is 3.59. The first-order valence-corrected chi connectivity index (χ1v) is 11.5. The SMILES string of the molecule is CCNC(=NCCNS(=O)(=O)c1cc(C)sc1C)NC1CC2CCC1O2. The molecule has 2 fully saturated rings. The summed E-state index contributed by atoms with van der Waals surface area (Å²) < 4.78 is 33.3. The molecule has 2 aliphatic rings. The Bertz CT molecular complexity index is 760. The standard InChI is InChI=1S/C17H28N4O3S2/c1-4-18-17(21-14-10-13-5-6-15(14)24-13)19-7-8-20-26(22,23)16-9-11(2)25-12(16)3/h9,13-15,20H,4-8,10H2,1-3H3,(H2,18,19,21). The lowest BCUT2D eigenvalue weighted by atomic mass is 9.96. The molecule has 0 radical (unpaired) electrons. The van der Waals surface area contributed by atoms with Crippen LogP contribution >= 0.6 is 11.3 Å². The lowest BCUT2D eigenvalue weighted by Crippen LogP contribution is -2.47. The highest BCUT2D eigenvalue weighted by molar-refractivity contribution is 7.89. The first kappa shape index (κ1) is 19.6. The van der Waals surface area contributed by atoms with Gasteiger partial charge >= 0.3 is 0 Å². The van der Waals surface area contributed by atoms with Crippen molar-refractivity contribution in [1.29, 1.82) is 0 Å². The van der Waals surface area contributed by atoms with Gasteiger partial charge in [-0.05, 0) is 46.1 Å². The molecule has 7 nitrogen and oxygen atoms in total. The first-order valence-electron chi connectivity index (χ1n) is 9.16. The van der Waals surface area contributed by atoms with Crippen LogP contribution in [0.25, 0.3) is 0 Å². The van der Waals surface area contributed by atoms with E-state index in [-0.39, 0.29) is 12.6 Å². The number of sulfonamides is 1. The van der Waals surface area contributed by atoms with E-state index in [2.05, 4.69) is 20.3 Å². The van der Waals surface area contributed by atoms with Crippen LogP contribution in [-0.2, 0) is 14.8 Å². The van der Waals surface area contributed by atoms with Crippen molar-refractivity contribution in [2.75, 3.05) is 19.6 Å². The third kappa shape index (κ3) is 4.57. The second-order valence-electron chi connectivity index (χ2n) is 6.80. The van der Waals surface area contributed by atoms with E-state index >= 15 is 0 Å². The van der Waals surface area contributed by atoms with Crippen molar-refractivity contribution in [2.24, 2.45) is 4.99 Å². The van der Waals surface area contributed by atoms with E-state index in [0.29, 0.717) is 23.6 Å². The quantitative estimate of drug-likeness (QED) is 0.367. The number of aryl methyl sites for hydroxylation is 2. The zero-order valence-electron chi connectivity index (χ0n) is 15.5. The third-order valence-electron chi connectivity index (χ3n) is 4.73. The number of hydrogen-bond donors (Lipinski definition) is 3. The largest absolute Gasteiger partial charge is 0.373 e. The highest BCUT2D eigenvalue weighted by atomic mass is 32.2. The van der Waals surface area contributed by atoms with Gasteiger partial charge in [0.15, 0.2) is 5.96 Å². The summed E-state index contributed by atoms with van der Waals surface area (Å²) in [7, 11) is -3.48. The Morgan fingerprint density at radius 2 is 2.19 bits per heavy atom. The summed E-state index contributed by atoms with van der Waals surface area (Å²) in [5.74, 6) is 0.718. The lowest BCUT2D eigenvalue weighted by molar-refractivity contribution is 0.0992. The summed E-state index contributed by atoms with van der Waals surface area (Å²) in [6.45, 7) is 7.15. The van der Waals surface area contributed by atoms with Crippen molar-refractivity contribution in [1.82, 2.24) is 15.4 Å². The summed E-state index contributed by atoms with van der Waals surface area (Å²) in [6.07, 6.45) is 3.91. The van der Waals surface area contributed by atoms with Crippen LogP contribution in [0.2, 0.25) is 0 Å². The molecule has 2 aliphatic heterocycles. The molecule has 26 heavy (non-hydrogen) atoms. The minimum Gasteiger partial charge on any atom is -0.373 e. The van der Waals surface area contributed by atoms with Crippen molar-refractivity contribution >= 4 is 27.3 Å². The maximum atomic E-state index is 12.4. The van der Waals surface area contributed by atoms with Crippen LogP contribution in [0.3, 0.4) is 0 Å². The van der Waals surface area contributed by atoms with Gasteiger partial charge in [0.25, 0.3) is 0 Å². The maximum absolute atomic E-state index is 12.4. The van der Waals surface area contributed by atoms with Crippen molar-refractivity contribution in [3.8, 4) is 0 Å². The number of ether oxygens (including phenoxy) is 1. The summed E-state index contributed by atoms with van der Waals surface area (Å²) in [4.78, 5) is 6.67.